The summed E-state index contributed by atoms with van der Waals surface area (Å²) in [6.45, 7) is 10.4. The number of imidazole rings is 1. The molecule has 6 nitrogen and oxygen atoms in total. The van der Waals surface area contributed by atoms with Crippen LogP contribution in [-0.4, -0.2) is 43.9 Å². The lowest BCUT2D eigenvalue weighted by Crippen LogP contribution is -2.27. The van der Waals surface area contributed by atoms with Gasteiger partial charge in [-0.25, -0.2) is 4.98 Å². The Morgan fingerprint density at radius 3 is 2.47 bits per heavy atom. The van der Waals surface area contributed by atoms with Crippen LogP contribution in [-0.2, 0) is 20.0 Å². The highest BCUT2D eigenvalue weighted by Crippen LogP contribution is 2.21. The van der Waals surface area contributed by atoms with Gasteiger partial charge in [-0.15, -0.1) is 0 Å². The molecule has 0 amide bonds. The minimum atomic E-state index is 0.588. The van der Waals surface area contributed by atoms with Gasteiger partial charge in [-0.05, 0) is 19.5 Å². The molecule has 0 aliphatic heterocycles. The average Bonchev–Trinajstić information content (AvgIpc) is 2.89. The van der Waals surface area contributed by atoms with Gasteiger partial charge in [0.05, 0.1) is 5.69 Å². The van der Waals surface area contributed by atoms with E-state index < -0.39 is 0 Å². The van der Waals surface area contributed by atoms with Crippen molar-refractivity contribution in [2.24, 2.45) is 7.05 Å². The van der Waals surface area contributed by atoms with E-state index in [9.17, 15) is 0 Å². The van der Waals surface area contributed by atoms with E-state index in [1.807, 2.05) is 11.7 Å². The smallest absolute Gasteiger partial charge is 0.202 e. The lowest BCUT2D eigenvalue weighted by atomic mass is 10.3. The first-order valence-electron chi connectivity index (χ1n) is 7.02. The zero-order chi connectivity index (χ0) is 14.0. The first-order valence-corrected chi connectivity index (χ1v) is 7.02. The molecule has 2 heterocycles. The zero-order valence-electron chi connectivity index (χ0n) is 12.3. The van der Waals surface area contributed by atoms with E-state index in [0.29, 0.717) is 5.95 Å². The van der Waals surface area contributed by atoms with Crippen LogP contribution in [0, 0.1) is 0 Å². The van der Waals surface area contributed by atoms with Crippen LogP contribution in [0.25, 0.3) is 11.2 Å². The molecule has 0 aliphatic rings. The molecule has 2 aromatic heterocycles. The van der Waals surface area contributed by atoms with Gasteiger partial charge >= 0.3 is 0 Å². The number of aromatic nitrogens is 4. The van der Waals surface area contributed by atoms with Gasteiger partial charge in [0.1, 0.15) is 5.52 Å². The number of aryl methyl sites for hydroxylation is 2. The standard InChI is InChI=1S/C13H24N6/c1-5-10-11-12(17(4)16-10)19(13(14)15-11)9-8-18(6-2)7-3/h5-9H2,1-4H3,(H2,14,15). The second-order valence-electron chi connectivity index (χ2n) is 4.74. The SMILES string of the molecule is CCc1nn(C)c2c1nc(N)n2CCN(CC)CC. The number of nitrogens with two attached hydrogens (primary N) is 1. The Morgan fingerprint density at radius 1 is 1.21 bits per heavy atom. The molecule has 0 aliphatic carbocycles. The van der Waals surface area contributed by atoms with E-state index in [1.165, 1.54) is 0 Å². The fraction of sp³-hybridized carbons (Fsp3) is 0.692. The minimum Gasteiger partial charge on any atom is -0.369 e. The molecule has 0 radical (unpaired) electrons. The average molecular weight is 264 g/mol. The van der Waals surface area contributed by atoms with Gasteiger partial charge in [0.25, 0.3) is 0 Å². The van der Waals surface area contributed by atoms with Gasteiger partial charge in [0, 0.05) is 20.1 Å². The maximum atomic E-state index is 6.05. The maximum absolute atomic E-state index is 6.05. The highest BCUT2D eigenvalue weighted by atomic mass is 15.4. The number of hydrogen-bond acceptors (Lipinski definition) is 4. The molecular formula is C13H24N6. The van der Waals surface area contributed by atoms with Crippen LogP contribution < -0.4 is 5.73 Å². The van der Waals surface area contributed by atoms with Crippen molar-refractivity contribution in [3.05, 3.63) is 5.69 Å². The molecule has 0 fully saturated rings. The van der Waals surface area contributed by atoms with Crippen LogP contribution in [0.2, 0.25) is 0 Å². The fourth-order valence-electron chi connectivity index (χ4n) is 2.50. The Balaban J connectivity index is 2.32. The molecule has 0 bridgehead atoms. The van der Waals surface area contributed by atoms with E-state index in [0.717, 1.165) is 49.5 Å². The van der Waals surface area contributed by atoms with Gasteiger partial charge in [0.15, 0.2) is 5.65 Å². The van der Waals surface area contributed by atoms with E-state index >= 15 is 0 Å². The van der Waals surface area contributed by atoms with Crippen molar-refractivity contribution in [1.82, 2.24) is 24.2 Å². The summed E-state index contributed by atoms with van der Waals surface area (Å²) in [6, 6.07) is 0. The Kier molecular flexibility index (Phi) is 4.09. The third-order valence-electron chi connectivity index (χ3n) is 3.69. The van der Waals surface area contributed by atoms with Gasteiger partial charge in [0.2, 0.25) is 5.95 Å². The lowest BCUT2D eigenvalue weighted by Gasteiger charge is -2.18. The molecule has 2 rings (SSSR count). The van der Waals surface area contributed by atoms with Crippen molar-refractivity contribution >= 4 is 17.1 Å². The molecule has 0 spiro atoms. The van der Waals surface area contributed by atoms with Gasteiger partial charge < -0.3 is 10.6 Å². The van der Waals surface area contributed by atoms with Crippen LogP contribution in [0.5, 0.6) is 0 Å². The van der Waals surface area contributed by atoms with Crippen LogP contribution in [0.4, 0.5) is 5.95 Å². The highest BCUT2D eigenvalue weighted by molar-refractivity contribution is 5.77. The number of likely N-dealkylation sites (N-methyl/N-ethyl adjacent to an activating group) is 1. The zero-order valence-corrected chi connectivity index (χ0v) is 12.3. The van der Waals surface area contributed by atoms with Crippen LogP contribution in [0.3, 0.4) is 0 Å². The molecule has 2 aromatic rings. The summed E-state index contributed by atoms with van der Waals surface area (Å²) < 4.78 is 3.96. The Hall–Kier alpha value is -1.56. The third-order valence-corrected chi connectivity index (χ3v) is 3.69. The number of nitrogens with zero attached hydrogens (tertiary/aromatic N) is 5. The first kappa shape index (κ1) is 13.9. The Bertz CT molecular complexity index is 549. The summed E-state index contributed by atoms with van der Waals surface area (Å²) in [5, 5.41) is 4.50. The molecule has 0 aromatic carbocycles. The molecule has 6 heteroatoms. The number of anilines is 1. The van der Waals surface area contributed by atoms with E-state index in [1.54, 1.807) is 0 Å². The van der Waals surface area contributed by atoms with Crippen molar-refractivity contribution in [3.8, 4) is 0 Å². The first-order chi connectivity index (χ1) is 9.12. The van der Waals surface area contributed by atoms with Gasteiger partial charge in [-0.2, -0.15) is 5.10 Å². The van der Waals surface area contributed by atoms with Crippen molar-refractivity contribution < 1.29 is 0 Å². The van der Waals surface area contributed by atoms with Crippen LogP contribution >= 0.6 is 0 Å². The largest absolute Gasteiger partial charge is 0.369 e. The quantitative estimate of drug-likeness (QED) is 0.853. The normalized spacial score (nSPS) is 11.8. The van der Waals surface area contributed by atoms with Gasteiger partial charge in [-0.3, -0.25) is 9.25 Å². The van der Waals surface area contributed by atoms with Gasteiger partial charge in [-0.1, -0.05) is 20.8 Å². The predicted molar refractivity (Wildman–Crippen MR) is 78.1 cm³/mol. The molecule has 2 N–H and O–H groups in total. The lowest BCUT2D eigenvalue weighted by molar-refractivity contribution is 0.292. The third kappa shape index (κ3) is 2.45. The van der Waals surface area contributed by atoms with Crippen LogP contribution in [0.15, 0.2) is 0 Å². The summed E-state index contributed by atoms with van der Waals surface area (Å²) >= 11 is 0. The summed E-state index contributed by atoms with van der Waals surface area (Å²) in [5.74, 6) is 0.588. The summed E-state index contributed by atoms with van der Waals surface area (Å²) in [6.07, 6.45) is 0.879. The van der Waals surface area contributed by atoms with Crippen LogP contribution in [0.1, 0.15) is 26.5 Å². The summed E-state index contributed by atoms with van der Waals surface area (Å²) in [7, 11) is 1.95. The molecule has 0 saturated carbocycles. The van der Waals surface area contributed by atoms with Crippen molar-refractivity contribution in [2.45, 2.75) is 33.7 Å². The number of nitrogen functional groups attached to an aromatic ring is 1. The Morgan fingerprint density at radius 2 is 1.89 bits per heavy atom. The van der Waals surface area contributed by atoms with E-state index in [2.05, 4.69) is 40.3 Å². The number of fused-ring (bicyclic) bond motifs is 1. The molecule has 0 atom stereocenters. The highest BCUT2D eigenvalue weighted by Gasteiger charge is 2.17. The second-order valence-corrected chi connectivity index (χ2v) is 4.74. The van der Waals surface area contributed by atoms with Crippen molar-refractivity contribution in [1.29, 1.82) is 0 Å². The molecular weight excluding hydrogens is 240 g/mol. The van der Waals surface area contributed by atoms with Crippen molar-refractivity contribution in [3.63, 3.8) is 0 Å². The monoisotopic (exact) mass is 264 g/mol. The van der Waals surface area contributed by atoms with E-state index in [-0.39, 0.29) is 0 Å². The number of hydrogen-bond donors (Lipinski definition) is 1. The summed E-state index contributed by atoms with van der Waals surface area (Å²) in [5.41, 5.74) is 9.05. The Labute approximate surface area is 114 Å². The topological polar surface area (TPSA) is 64.9 Å². The number of rotatable bonds is 6. The molecule has 0 unspecified atom stereocenters. The summed E-state index contributed by atoms with van der Waals surface area (Å²) in [4.78, 5) is 6.85. The molecule has 19 heavy (non-hydrogen) atoms. The second kappa shape index (κ2) is 5.61. The molecule has 106 valence electrons. The maximum Gasteiger partial charge on any atom is 0.202 e. The van der Waals surface area contributed by atoms with E-state index in [4.69, 9.17) is 5.73 Å². The minimum absolute atomic E-state index is 0.588. The fourth-order valence-corrected chi connectivity index (χ4v) is 2.50. The molecule has 0 saturated heterocycles. The predicted octanol–water partition coefficient (Wildman–Crippen LogP) is 1.26. The van der Waals surface area contributed by atoms with Crippen molar-refractivity contribution in [2.75, 3.05) is 25.4 Å².